The monoisotopic (exact) mass is 553 g/mol. The molecule has 0 aliphatic carbocycles. The molecule has 9 heteroatoms. The Morgan fingerprint density at radius 2 is 1.15 bits per heavy atom. The van der Waals surface area contributed by atoms with Crippen LogP contribution in [0.25, 0.3) is 12.2 Å². The zero-order chi connectivity index (χ0) is 29.2. The van der Waals surface area contributed by atoms with Crippen molar-refractivity contribution in [1.29, 1.82) is 0 Å². The van der Waals surface area contributed by atoms with Crippen molar-refractivity contribution in [1.82, 2.24) is 0 Å². The number of benzene rings is 4. The number of halogens is 4. The molecule has 0 spiro atoms. The number of nitro groups is 1. The molecule has 0 saturated heterocycles. The van der Waals surface area contributed by atoms with E-state index in [1.807, 2.05) is 36.4 Å². The number of nitro benzene ring substituents is 1. The van der Waals surface area contributed by atoms with E-state index in [0.29, 0.717) is 22.7 Å². The van der Waals surface area contributed by atoms with Gasteiger partial charge in [0.05, 0.1) is 10.5 Å². The molecule has 0 aliphatic rings. The van der Waals surface area contributed by atoms with Gasteiger partial charge in [0.1, 0.15) is 12.1 Å². The van der Waals surface area contributed by atoms with Gasteiger partial charge in [0.2, 0.25) is 0 Å². The van der Waals surface area contributed by atoms with Gasteiger partial charge in [0.15, 0.2) is 17.9 Å². The Morgan fingerprint density at radius 3 is 1.56 bits per heavy atom. The second-order valence-corrected chi connectivity index (χ2v) is 7.65. The lowest BCUT2D eigenvalue weighted by atomic mass is 10.2. The van der Waals surface area contributed by atoms with Gasteiger partial charge in [0.25, 0.3) is 5.69 Å². The maximum atomic E-state index is 12.4. The van der Waals surface area contributed by atoms with E-state index in [-0.39, 0.29) is 12.0 Å². The summed E-state index contributed by atoms with van der Waals surface area (Å²) in [5, 5.41) is 10.8. The third kappa shape index (κ3) is 11.8. The Kier molecular flexibility index (Phi) is 14.5. The smallest absolute Gasteiger partial charge is 0.269 e. The molecule has 0 N–H and O–H groups in total. The lowest BCUT2D eigenvalue weighted by molar-refractivity contribution is -0.384. The van der Waals surface area contributed by atoms with Crippen molar-refractivity contribution in [2.75, 3.05) is 0 Å². The van der Waals surface area contributed by atoms with Crippen molar-refractivity contribution >= 4 is 42.0 Å². The van der Waals surface area contributed by atoms with Crippen LogP contribution in [0.5, 0.6) is 0 Å². The molecular formula is C30H23ClF3NO4. The average Bonchev–Trinajstić information content (AvgIpc) is 2.97. The molecule has 4 aromatic rings. The SMILES string of the molecule is C=Cc1ccc([N+](=O)[O-])cc1.C=Cc1ccccc1.O=Cc1c(F)ccc(F)c1F.O=Cc1ccc(Cl)cc1. The zero-order valence-corrected chi connectivity index (χ0v) is 21.2. The van der Waals surface area contributed by atoms with Gasteiger partial charge in [-0.1, -0.05) is 79.4 Å². The number of carbonyl (C=O) groups excluding carboxylic acids is 2. The molecule has 5 nitrogen and oxygen atoms in total. The fourth-order valence-corrected chi connectivity index (χ4v) is 2.64. The van der Waals surface area contributed by atoms with E-state index in [0.717, 1.165) is 11.8 Å². The van der Waals surface area contributed by atoms with Crippen molar-refractivity contribution in [2.24, 2.45) is 0 Å². The first-order valence-electron chi connectivity index (χ1n) is 11.0. The first-order valence-corrected chi connectivity index (χ1v) is 11.4. The van der Waals surface area contributed by atoms with Gasteiger partial charge in [-0.05, 0) is 47.5 Å². The van der Waals surface area contributed by atoms with Gasteiger partial charge < -0.3 is 0 Å². The minimum Gasteiger partial charge on any atom is -0.298 e. The Bertz CT molecular complexity index is 1380. The van der Waals surface area contributed by atoms with Crippen LogP contribution in [-0.2, 0) is 0 Å². The number of nitrogens with zero attached hydrogens (tertiary/aromatic N) is 1. The van der Waals surface area contributed by atoms with Crippen LogP contribution < -0.4 is 0 Å². The lowest BCUT2D eigenvalue weighted by Gasteiger charge is -1.96. The van der Waals surface area contributed by atoms with Gasteiger partial charge in [-0.25, -0.2) is 13.2 Å². The summed E-state index contributed by atoms with van der Waals surface area (Å²) in [4.78, 5) is 29.8. The highest BCUT2D eigenvalue weighted by atomic mass is 35.5. The first-order chi connectivity index (χ1) is 18.7. The number of rotatable bonds is 5. The van der Waals surface area contributed by atoms with Crippen molar-refractivity contribution in [2.45, 2.75) is 0 Å². The van der Waals surface area contributed by atoms with Gasteiger partial charge in [-0.2, -0.15) is 0 Å². The van der Waals surface area contributed by atoms with E-state index in [4.69, 9.17) is 11.6 Å². The van der Waals surface area contributed by atoms with Crippen molar-refractivity contribution in [3.8, 4) is 0 Å². The maximum Gasteiger partial charge on any atom is 0.269 e. The zero-order valence-electron chi connectivity index (χ0n) is 20.5. The quantitative estimate of drug-likeness (QED) is 0.107. The molecule has 4 aromatic carbocycles. The molecule has 0 aliphatic heterocycles. The van der Waals surface area contributed by atoms with Gasteiger partial charge >= 0.3 is 0 Å². The summed E-state index contributed by atoms with van der Waals surface area (Å²) in [6, 6.07) is 24.3. The Labute approximate surface area is 228 Å². The summed E-state index contributed by atoms with van der Waals surface area (Å²) in [6.07, 6.45) is 4.20. The van der Waals surface area contributed by atoms with Crippen molar-refractivity contribution in [3.63, 3.8) is 0 Å². The largest absolute Gasteiger partial charge is 0.298 e. The predicted octanol–water partition coefficient (Wildman–Crippen LogP) is 8.64. The minimum atomic E-state index is -1.44. The fourth-order valence-electron chi connectivity index (χ4n) is 2.51. The number of hydrogen-bond acceptors (Lipinski definition) is 4. The average molecular weight is 554 g/mol. The molecule has 0 fully saturated rings. The summed E-state index contributed by atoms with van der Waals surface area (Å²) in [6.45, 7) is 7.17. The normalized spacial score (nSPS) is 9.13. The third-order valence-electron chi connectivity index (χ3n) is 4.58. The van der Waals surface area contributed by atoms with E-state index >= 15 is 0 Å². The topological polar surface area (TPSA) is 77.3 Å². The molecule has 4 rings (SSSR count). The molecule has 0 saturated carbocycles. The molecule has 0 aromatic heterocycles. The molecule has 0 bridgehead atoms. The van der Waals surface area contributed by atoms with Crippen LogP contribution in [0.3, 0.4) is 0 Å². The van der Waals surface area contributed by atoms with Crippen molar-refractivity contribution < 1.29 is 27.7 Å². The number of non-ortho nitro benzene ring substituents is 1. The second kappa shape index (κ2) is 17.6. The Balaban J connectivity index is 0.000000262. The number of carbonyl (C=O) groups is 2. The van der Waals surface area contributed by atoms with E-state index < -0.39 is 27.9 Å². The van der Waals surface area contributed by atoms with Crippen LogP contribution in [0.15, 0.2) is 104 Å². The highest BCUT2D eigenvalue weighted by Gasteiger charge is 2.11. The summed E-state index contributed by atoms with van der Waals surface area (Å²) >= 11 is 5.55. The van der Waals surface area contributed by atoms with Crippen LogP contribution in [0.1, 0.15) is 31.8 Å². The summed E-state index contributed by atoms with van der Waals surface area (Å²) < 4.78 is 37.1. The van der Waals surface area contributed by atoms with Crippen LogP contribution in [0.2, 0.25) is 5.02 Å². The van der Waals surface area contributed by atoms with E-state index in [1.54, 1.807) is 42.5 Å². The molecule has 39 heavy (non-hydrogen) atoms. The standard InChI is InChI=1S/C8H7NO2.C8H8.C7H5ClO.C7H3F3O/c1-2-7-3-5-8(6-4-7)9(10)11;1-2-8-6-4-3-5-7-8;8-7-3-1-6(5-9)2-4-7;8-5-1-2-6(9)7(10)4(5)3-11/h2-6H,1H2;2-7H,1H2;1-5H;1-3H. The van der Waals surface area contributed by atoms with Crippen LogP contribution >= 0.6 is 11.6 Å². The molecule has 0 radical (unpaired) electrons. The highest BCUT2D eigenvalue weighted by Crippen LogP contribution is 2.13. The predicted molar refractivity (Wildman–Crippen MR) is 148 cm³/mol. The van der Waals surface area contributed by atoms with E-state index in [1.165, 1.54) is 17.7 Å². The van der Waals surface area contributed by atoms with Crippen LogP contribution in [0, 0.1) is 27.6 Å². The van der Waals surface area contributed by atoms with E-state index in [9.17, 15) is 32.9 Å². The third-order valence-corrected chi connectivity index (χ3v) is 4.83. The molecule has 0 unspecified atom stereocenters. The van der Waals surface area contributed by atoms with Crippen molar-refractivity contribution in [3.05, 3.63) is 159 Å². The second-order valence-electron chi connectivity index (χ2n) is 7.21. The number of hydrogen-bond donors (Lipinski definition) is 0. The molecule has 200 valence electrons. The number of aldehydes is 2. The van der Waals surface area contributed by atoms with Gasteiger partial charge in [-0.3, -0.25) is 19.7 Å². The van der Waals surface area contributed by atoms with Crippen LogP contribution in [0.4, 0.5) is 18.9 Å². The molecule has 0 amide bonds. The fraction of sp³-hybridized carbons (Fsp3) is 0. The van der Waals surface area contributed by atoms with Crippen LogP contribution in [-0.4, -0.2) is 17.5 Å². The highest BCUT2D eigenvalue weighted by molar-refractivity contribution is 6.30. The van der Waals surface area contributed by atoms with Gasteiger partial charge in [0, 0.05) is 22.7 Å². The molecular weight excluding hydrogens is 531 g/mol. The minimum absolute atomic E-state index is 0.0618. The molecule has 0 heterocycles. The first kappa shape index (κ1) is 32.2. The summed E-state index contributed by atoms with van der Waals surface area (Å²) in [5.74, 6) is -3.73. The summed E-state index contributed by atoms with van der Waals surface area (Å²) in [7, 11) is 0. The Morgan fingerprint density at radius 1 is 0.667 bits per heavy atom. The maximum absolute atomic E-state index is 12.4. The van der Waals surface area contributed by atoms with Gasteiger partial charge in [-0.15, -0.1) is 0 Å². The lowest BCUT2D eigenvalue weighted by Crippen LogP contribution is -1.96. The molecule has 0 atom stereocenters. The van der Waals surface area contributed by atoms with E-state index in [2.05, 4.69) is 13.2 Å². The summed E-state index contributed by atoms with van der Waals surface area (Å²) in [5.41, 5.74) is 1.95. The Hall–Kier alpha value is -4.82.